The van der Waals surface area contributed by atoms with Crippen LogP contribution in [0.15, 0.2) is 42.2 Å². The molecule has 1 aliphatic rings. The molecule has 26 heavy (non-hydrogen) atoms. The fraction of sp³-hybridized carbons (Fsp3) is 0.294. The maximum Gasteiger partial charge on any atom is 0.208 e. The summed E-state index contributed by atoms with van der Waals surface area (Å²) in [5.41, 5.74) is 4.41. The van der Waals surface area contributed by atoms with Crippen LogP contribution in [0.1, 0.15) is 24.6 Å². The molecule has 8 nitrogen and oxygen atoms in total. The van der Waals surface area contributed by atoms with E-state index in [0.29, 0.717) is 5.92 Å². The number of nitrogens with zero attached hydrogens (tertiary/aromatic N) is 8. The van der Waals surface area contributed by atoms with Crippen LogP contribution in [-0.2, 0) is 0 Å². The van der Waals surface area contributed by atoms with Gasteiger partial charge in [0.2, 0.25) is 5.13 Å². The van der Waals surface area contributed by atoms with Gasteiger partial charge in [0.1, 0.15) is 5.51 Å². The lowest BCUT2D eigenvalue weighted by molar-refractivity contribution is 0.476. The molecular weight excluding hydrogens is 348 g/mol. The van der Waals surface area contributed by atoms with Crippen molar-refractivity contribution >= 4 is 22.1 Å². The highest BCUT2D eigenvalue weighted by Gasteiger charge is 2.26. The molecule has 4 aromatic heterocycles. The number of anilines is 1. The summed E-state index contributed by atoms with van der Waals surface area (Å²) in [5.74, 6) is 1.27. The van der Waals surface area contributed by atoms with E-state index in [2.05, 4.69) is 30.3 Å². The maximum absolute atomic E-state index is 4.77. The lowest BCUT2D eigenvalue weighted by atomic mass is 9.96. The van der Waals surface area contributed by atoms with Crippen molar-refractivity contribution in [1.82, 2.24) is 35.0 Å². The highest BCUT2D eigenvalue weighted by atomic mass is 32.1. The van der Waals surface area contributed by atoms with Crippen LogP contribution in [0.5, 0.6) is 0 Å². The summed E-state index contributed by atoms with van der Waals surface area (Å²) in [5, 5.41) is 22.6. The van der Waals surface area contributed by atoms with Gasteiger partial charge in [-0.3, -0.25) is 4.98 Å². The van der Waals surface area contributed by atoms with Crippen molar-refractivity contribution in [2.24, 2.45) is 0 Å². The molecule has 0 atom stereocenters. The third-order valence-corrected chi connectivity index (χ3v) is 5.47. The van der Waals surface area contributed by atoms with Crippen molar-refractivity contribution < 1.29 is 0 Å². The molecule has 0 bridgehead atoms. The lowest BCUT2D eigenvalue weighted by Crippen LogP contribution is -2.33. The fourth-order valence-electron chi connectivity index (χ4n) is 3.36. The highest BCUT2D eigenvalue weighted by molar-refractivity contribution is 7.13. The van der Waals surface area contributed by atoms with E-state index in [4.69, 9.17) is 5.10 Å². The van der Waals surface area contributed by atoms with E-state index < -0.39 is 0 Å². The number of rotatable bonds is 3. The first kappa shape index (κ1) is 15.3. The summed E-state index contributed by atoms with van der Waals surface area (Å²) < 4.78 is 1.88. The molecule has 0 amide bonds. The van der Waals surface area contributed by atoms with Gasteiger partial charge in [-0.2, -0.15) is 9.61 Å². The Morgan fingerprint density at radius 2 is 1.96 bits per heavy atom. The minimum atomic E-state index is 0.339. The second-order valence-corrected chi connectivity index (χ2v) is 7.08. The predicted octanol–water partition coefficient (Wildman–Crippen LogP) is 2.42. The first-order valence-corrected chi connectivity index (χ1v) is 9.40. The predicted molar refractivity (Wildman–Crippen MR) is 98.1 cm³/mol. The third kappa shape index (κ3) is 2.70. The molecule has 0 aliphatic carbocycles. The van der Waals surface area contributed by atoms with Crippen LogP contribution in [0.2, 0.25) is 0 Å². The summed E-state index contributed by atoms with van der Waals surface area (Å²) >= 11 is 1.58. The van der Waals surface area contributed by atoms with Gasteiger partial charge in [0.15, 0.2) is 11.5 Å². The van der Waals surface area contributed by atoms with E-state index in [9.17, 15) is 0 Å². The SMILES string of the molecule is c1cncc(-c2ccc3nnc(C4CCN(c5nncs5)CC4)n3n2)c1. The number of hydrogen-bond acceptors (Lipinski definition) is 8. The molecule has 4 aromatic rings. The Balaban J connectivity index is 1.43. The molecule has 0 unspecified atom stereocenters. The summed E-state index contributed by atoms with van der Waals surface area (Å²) in [7, 11) is 0. The number of pyridine rings is 1. The van der Waals surface area contributed by atoms with Crippen LogP contribution in [0, 0.1) is 0 Å². The van der Waals surface area contributed by atoms with Crippen molar-refractivity contribution in [3.05, 3.63) is 48.0 Å². The van der Waals surface area contributed by atoms with Gasteiger partial charge in [0, 0.05) is 37.0 Å². The van der Waals surface area contributed by atoms with Crippen LogP contribution in [0.25, 0.3) is 16.9 Å². The van der Waals surface area contributed by atoms with Crippen molar-refractivity contribution in [2.45, 2.75) is 18.8 Å². The largest absolute Gasteiger partial charge is 0.347 e. The smallest absolute Gasteiger partial charge is 0.208 e. The van der Waals surface area contributed by atoms with E-state index in [1.54, 1.807) is 23.0 Å². The molecule has 5 heterocycles. The minimum absolute atomic E-state index is 0.339. The van der Waals surface area contributed by atoms with Crippen LogP contribution in [0.3, 0.4) is 0 Å². The standard InChI is InChI=1S/C17H16N8S/c1-2-13(10-18-7-1)14-3-4-15-20-21-16(25(15)23-14)12-5-8-24(9-6-12)17-22-19-11-26-17/h1-4,7,10-12H,5-6,8-9H2. The monoisotopic (exact) mass is 364 g/mol. The molecule has 1 fully saturated rings. The molecule has 1 aliphatic heterocycles. The summed E-state index contributed by atoms with van der Waals surface area (Å²) in [4.78, 5) is 6.46. The van der Waals surface area contributed by atoms with E-state index in [0.717, 1.165) is 53.8 Å². The zero-order chi connectivity index (χ0) is 17.3. The summed E-state index contributed by atoms with van der Waals surface area (Å²) in [6, 6.07) is 7.84. The summed E-state index contributed by atoms with van der Waals surface area (Å²) in [6.45, 7) is 1.88. The van der Waals surface area contributed by atoms with Crippen molar-refractivity contribution in [2.75, 3.05) is 18.0 Å². The van der Waals surface area contributed by atoms with Gasteiger partial charge < -0.3 is 4.90 Å². The first-order valence-electron chi connectivity index (χ1n) is 8.52. The third-order valence-electron chi connectivity index (χ3n) is 4.72. The second kappa shape index (κ2) is 6.41. The van der Waals surface area contributed by atoms with Gasteiger partial charge in [0.05, 0.1) is 5.69 Å². The quantitative estimate of drug-likeness (QED) is 0.552. The van der Waals surface area contributed by atoms with Crippen LogP contribution in [0.4, 0.5) is 5.13 Å². The van der Waals surface area contributed by atoms with E-state index in [1.165, 1.54) is 0 Å². The molecule has 1 saturated heterocycles. The molecule has 0 radical (unpaired) electrons. The molecule has 9 heteroatoms. The average Bonchev–Trinajstić information content (AvgIpc) is 3.38. The Hall–Kier alpha value is -2.94. The van der Waals surface area contributed by atoms with Crippen molar-refractivity contribution in [1.29, 1.82) is 0 Å². The number of piperidine rings is 1. The van der Waals surface area contributed by atoms with Crippen LogP contribution in [-0.4, -0.2) is 48.1 Å². The topological polar surface area (TPSA) is 85.0 Å². The van der Waals surface area contributed by atoms with Gasteiger partial charge in [-0.15, -0.1) is 20.4 Å². The minimum Gasteiger partial charge on any atom is -0.347 e. The lowest BCUT2D eigenvalue weighted by Gasteiger charge is -2.30. The Bertz CT molecular complexity index is 1010. The van der Waals surface area contributed by atoms with Gasteiger partial charge in [-0.05, 0) is 37.1 Å². The summed E-state index contributed by atoms with van der Waals surface area (Å²) in [6.07, 6.45) is 5.58. The van der Waals surface area contributed by atoms with Gasteiger partial charge >= 0.3 is 0 Å². The van der Waals surface area contributed by atoms with E-state index >= 15 is 0 Å². The van der Waals surface area contributed by atoms with Gasteiger partial charge in [-0.25, -0.2) is 0 Å². The molecule has 130 valence electrons. The van der Waals surface area contributed by atoms with Crippen LogP contribution >= 0.6 is 11.3 Å². The fourth-order valence-corrected chi connectivity index (χ4v) is 3.98. The van der Waals surface area contributed by atoms with E-state index in [-0.39, 0.29) is 0 Å². The zero-order valence-corrected chi connectivity index (χ0v) is 14.7. The Morgan fingerprint density at radius 3 is 2.73 bits per heavy atom. The zero-order valence-electron chi connectivity index (χ0n) is 13.9. The number of fused-ring (bicyclic) bond motifs is 1. The maximum atomic E-state index is 4.77. The molecule has 0 spiro atoms. The molecule has 5 rings (SSSR count). The second-order valence-electron chi connectivity index (χ2n) is 6.27. The van der Waals surface area contributed by atoms with Crippen molar-refractivity contribution in [3.8, 4) is 11.3 Å². The van der Waals surface area contributed by atoms with E-state index in [1.807, 2.05) is 35.0 Å². The van der Waals surface area contributed by atoms with Crippen LogP contribution < -0.4 is 4.90 Å². The molecule has 0 N–H and O–H groups in total. The van der Waals surface area contributed by atoms with Gasteiger partial charge in [0.25, 0.3) is 0 Å². The molecule has 0 aromatic carbocycles. The number of aromatic nitrogens is 7. The van der Waals surface area contributed by atoms with Crippen molar-refractivity contribution in [3.63, 3.8) is 0 Å². The number of hydrogen-bond donors (Lipinski definition) is 0. The van der Waals surface area contributed by atoms with Gasteiger partial charge in [-0.1, -0.05) is 11.3 Å². The highest BCUT2D eigenvalue weighted by Crippen LogP contribution is 2.30. The Labute approximate surface area is 153 Å². The Kier molecular flexibility index (Phi) is 3.78. The normalized spacial score (nSPS) is 15.6. The molecule has 0 saturated carbocycles. The first-order chi connectivity index (χ1) is 12.9. The molecular formula is C17H16N8S. The average molecular weight is 364 g/mol. The Morgan fingerprint density at radius 1 is 1.04 bits per heavy atom.